The Hall–Kier alpha value is -1.67. The molecular weight excluding hydrogens is 220 g/mol. The predicted octanol–water partition coefficient (Wildman–Crippen LogP) is 3.42. The highest BCUT2D eigenvalue weighted by atomic mass is 15.0. The summed E-state index contributed by atoms with van der Waals surface area (Å²) >= 11 is 0. The third-order valence-electron chi connectivity index (χ3n) is 3.77. The molecule has 0 bridgehead atoms. The van der Waals surface area contributed by atoms with Crippen molar-refractivity contribution in [3.63, 3.8) is 0 Å². The summed E-state index contributed by atoms with van der Waals surface area (Å²) in [7, 11) is 0. The highest BCUT2D eigenvalue weighted by Crippen LogP contribution is 2.32. The van der Waals surface area contributed by atoms with E-state index in [1.54, 1.807) is 0 Å². The zero-order valence-electron chi connectivity index (χ0n) is 10.6. The maximum absolute atomic E-state index is 4.18. The maximum Gasteiger partial charge on any atom is 0.0331 e. The molecule has 2 heteroatoms. The van der Waals surface area contributed by atoms with Crippen LogP contribution in [0.1, 0.15) is 42.1 Å². The van der Waals surface area contributed by atoms with Crippen LogP contribution in [0.3, 0.4) is 0 Å². The Labute approximate surface area is 108 Å². The number of rotatable bonds is 3. The molecule has 0 aliphatic heterocycles. The number of aryl methyl sites for hydroxylation is 1. The Balaban J connectivity index is 1.75. The van der Waals surface area contributed by atoms with Crippen LogP contribution in [0.5, 0.6) is 0 Å². The van der Waals surface area contributed by atoms with Gasteiger partial charge in [-0.1, -0.05) is 30.3 Å². The quantitative estimate of drug-likeness (QED) is 0.886. The Kier molecular flexibility index (Phi) is 3.11. The van der Waals surface area contributed by atoms with Gasteiger partial charge in [-0.3, -0.25) is 4.98 Å². The van der Waals surface area contributed by atoms with E-state index in [0.717, 1.165) is 0 Å². The summed E-state index contributed by atoms with van der Waals surface area (Å²) in [5, 5.41) is 3.71. The number of fused-ring (bicyclic) bond motifs is 1. The summed E-state index contributed by atoms with van der Waals surface area (Å²) in [6.45, 7) is 2.21. The zero-order valence-corrected chi connectivity index (χ0v) is 10.6. The molecular formula is C16H18N2. The van der Waals surface area contributed by atoms with Crippen molar-refractivity contribution in [2.45, 2.75) is 31.8 Å². The van der Waals surface area contributed by atoms with Gasteiger partial charge in [-0.2, -0.15) is 0 Å². The molecule has 2 aromatic rings. The van der Waals surface area contributed by atoms with Gasteiger partial charge >= 0.3 is 0 Å². The fourth-order valence-corrected chi connectivity index (χ4v) is 2.76. The second-order valence-electron chi connectivity index (χ2n) is 4.96. The third kappa shape index (κ3) is 2.16. The first-order valence-corrected chi connectivity index (χ1v) is 6.58. The summed E-state index contributed by atoms with van der Waals surface area (Å²) in [6, 6.07) is 13.7. The van der Waals surface area contributed by atoms with E-state index in [-0.39, 0.29) is 0 Å². The predicted molar refractivity (Wildman–Crippen MR) is 73.3 cm³/mol. The first-order valence-electron chi connectivity index (χ1n) is 6.58. The lowest BCUT2D eigenvalue weighted by atomic mass is 10.1. The Morgan fingerprint density at radius 3 is 2.94 bits per heavy atom. The van der Waals surface area contributed by atoms with Crippen LogP contribution in [0.15, 0.2) is 48.8 Å². The Bertz CT molecular complexity index is 522. The fourth-order valence-electron chi connectivity index (χ4n) is 2.76. The SMILES string of the molecule is C[C@H](NC1CCc2ccccc21)c1cccnc1. The van der Waals surface area contributed by atoms with Crippen molar-refractivity contribution in [2.75, 3.05) is 0 Å². The molecule has 1 aromatic heterocycles. The normalized spacial score (nSPS) is 19.5. The molecule has 1 unspecified atom stereocenters. The van der Waals surface area contributed by atoms with Gasteiger partial charge in [0.2, 0.25) is 0 Å². The van der Waals surface area contributed by atoms with Crippen molar-refractivity contribution in [1.82, 2.24) is 10.3 Å². The lowest BCUT2D eigenvalue weighted by Crippen LogP contribution is -2.23. The van der Waals surface area contributed by atoms with Crippen LogP contribution in [0.2, 0.25) is 0 Å². The van der Waals surface area contributed by atoms with E-state index in [9.17, 15) is 0 Å². The van der Waals surface area contributed by atoms with E-state index >= 15 is 0 Å². The van der Waals surface area contributed by atoms with E-state index < -0.39 is 0 Å². The summed E-state index contributed by atoms with van der Waals surface area (Å²) in [5.41, 5.74) is 4.21. The van der Waals surface area contributed by atoms with Gasteiger partial charge in [0.15, 0.2) is 0 Å². The van der Waals surface area contributed by atoms with Crippen molar-refractivity contribution in [2.24, 2.45) is 0 Å². The van der Waals surface area contributed by atoms with Crippen LogP contribution in [0.25, 0.3) is 0 Å². The molecule has 0 fully saturated rings. The molecule has 1 aliphatic rings. The van der Waals surface area contributed by atoms with Gasteiger partial charge in [0.1, 0.15) is 0 Å². The summed E-state index contributed by atoms with van der Waals surface area (Å²) < 4.78 is 0. The van der Waals surface area contributed by atoms with Gasteiger partial charge in [0, 0.05) is 24.5 Å². The van der Waals surface area contributed by atoms with Crippen molar-refractivity contribution in [3.8, 4) is 0 Å². The highest BCUT2D eigenvalue weighted by Gasteiger charge is 2.23. The van der Waals surface area contributed by atoms with Crippen molar-refractivity contribution in [3.05, 3.63) is 65.5 Å². The molecule has 1 aliphatic carbocycles. The number of nitrogens with one attached hydrogen (secondary N) is 1. The first kappa shape index (κ1) is 11.4. The first-order chi connectivity index (χ1) is 8.84. The second-order valence-corrected chi connectivity index (χ2v) is 4.96. The summed E-state index contributed by atoms with van der Waals surface area (Å²) in [4.78, 5) is 4.18. The van der Waals surface area contributed by atoms with Crippen LogP contribution < -0.4 is 5.32 Å². The number of pyridine rings is 1. The largest absolute Gasteiger partial charge is 0.303 e. The van der Waals surface area contributed by atoms with Gasteiger partial charge < -0.3 is 5.32 Å². The van der Waals surface area contributed by atoms with Gasteiger partial charge in [0.05, 0.1) is 0 Å². The zero-order chi connectivity index (χ0) is 12.4. The van der Waals surface area contributed by atoms with Crippen molar-refractivity contribution < 1.29 is 0 Å². The number of hydrogen-bond donors (Lipinski definition) is 1. The molecule has 2 nitrogen and oxygen atoms in total. The fraction of sp³-hybridized carbons (Fsp3) is 0.312. The molecule has 1 heterocycles. The topological polar surface area (TPSA) is 24.9 Å². The smallest absolute Gasteiger partial charge is 0.0331 e. The van der Waals surface area contributed by atoms with Gasteiger partial charge in [0.25, 0.3) is 0 Å². The maximum atomic E-state index is 4.18. The van der Waals surface area contributed by atoms with Crippen LogP contribution in [0, 0.1) is 0 Å². The third-order valence-corrected chi connectivity index (χ3v) is 3.77. The molecule has 0 saturated heterocycles. The summed E-state index contributed by atoms with van der Waals surface area (Å²) in [6.07, 6.45) is 6.15. The Morgan fingerprint density at radius 1 is 1.22 bits per heavy atom. The number of hydrogen-bond acceptors (Lipinski definition) is 2. The number of nitrogens with zero attached hydrogens (tertiary/aromatic N) is 1. The van der Waals surface area contributed by atoms with E-state index in [1.807, 2.05) is 18.5 Å². The van der Waals surface area contributed by atoms with Gasteiger partial charge in [-0.15, -0.1) is 0 Å². The van der Waals surface area contributed by atoms with E-state index in [1.165, 1.54) is 29.5 Å². The van der Waals surface area contributed by atoms with E-state index in [2.05, 4.69) is 47.6 Å². The van der Waals surface area contributed by atoms with Crippen LogP contribution in [0.4, 0.5) is 0 Å². The summed E-state index contributed by atoms with van der Waals surface area (Å²) in [5.74, 6) is 0. The average Bonchev–Trinajstić information content (AvgIpc) is 2.83. The van der Waals surface area contributed by atoms with Gasteiger partial charge in [-0.25, -0.2) is 0 Å². The molecule has 0 spiro atoms. The minimum absolute atomic E-state index is 0.342. The average molecular weight is 238 g/mol. The van der Waals surface area contributed by atoms with Crippen LogP contribution >= 0.6 is 0 Å². The Morgan fingerprint density at radius 2 is 2.11 bits per heavy atom. The van der Waals surface area contributed by atoms with Gasteiger partial charge in [-0.05, 0) is 42.5 Å². The van der Waals surface area contributed by atoms with E-state index in [4.69, 9.17) is 0 Å². The highest BCUT2D eigenvalue weighted by molar-refractivity contribution is 5.34. The number of benzene rings is 1. The van der Waals surface area contributed by atoms with Crippen molar-refractivity contribution >= 4 is 0 Å². The van der Waals surface area contributed by atoms with E-state index in [0.29, 0.717) is 12.1 Å². The monoisotopic (exact) mass is 238 g/mol. The molecule has 92 valence electrons. The molecule has 0 amide bonds. The minimum Gasteiger partial charge on any atom is -0.303 e. The molecule has 2 atom stereocenters. The molecule has 0 saturated carbocycles. The molecule has 1 aromatic carbocycles. The second kappa shape index (κ2) is 4.91. The molecule has 18 heavy (non-hydrogen) atoms. The standard InChI is InChI=1S/C16H18N2/c1-12(14-6-4-10-17-11-14)18-16-9-8-13-5-2-3-7-15(13)16/h2-7,10-12,16,18H,8-9H2,1H3/t12-,16?/m0/s1. The molecule has 0 radical (unpaired) electrons. The lowest BCUT2D eigenvalue weighted by Gasteiger charge is -2.20. The number of aromatic nitrogens is 1. The van der Waals surface area contributed by atoms with Crippen LogP contribution in [-0.4, -0.2) is 4.98 Å². The lowest BCUT2D eigenvalue weighted by molar-refractivity contribution is 0.464. The molecule has 3 rings (SSSR count). The minimum atomic E-state index is 0.342. The molecule has 1 N–H and O–H groups in total. The van der Waals surface area contributed by atoms with Crippen LogP contribution in [-0.2, 0) is 6.42 Å². The van der Waals surface area contributed by atoms with Crippen molar-refractivity contribution in [1.29, 1.82) is 0 Å².